The van der Waals surface area contributed by atoms with E-state index in [-0.39, 0.29) is 23.5 Å². The first kappa shape index (κ1) is 22.0. The molecule has 0 fully saturated rings. The van der Waals surface area contributed by atoms with Crippen molar-refractivity contribution in [1.82, 2.24) is 9.88 Å². The summed E-state index contributed by atoms with van der Waals surface area (Å²) in [6, 6.07) is 6.95. The van der Waals surface area contributed by atoms with Gasteiger partial charge in [0.15, 0.2) is 11.5 Å². The van der Waals surface area contributed by atoms with E-state index in [4.69, 9.17) is 4.74 Å². The van der Waals surface area contributed by atoms with Gasteiger partial charge in [-0.05, 0) is 31.5 Å². The van der Waals surface area contributed by atoms with E-state index in [0.29, 0.717) is 23.8 Å². The normalized spacial score (nSPS) is 11.2. The van der Waals surface area contributed by atoms with Crippen molar-refractivity contribution in [2.45, 2.75) is 19.5 Å². The van der Waals surface area contributed by atoms with Crippen LogP contribution in [0.2, 0.25) is 0 Å². The fraction of sp³-hybridized carbons (Fsp3) is 0.316. The van der Waals surface area contributed by atoms with Crippen LogP contribution < -0.4 is 15.6 Å². The van der Waals surface area contributed by atoms with Crippen molar-refractivity contribution >= 4 is 11.7 Å². The maximum absolute atomic E-state index is 13.0. The molecule has 0 saturated carbocycles. The van der Waals surface area contributed by atoms with Gasteiger partial charge in [-0.15, -0.1) is 0 Å². The number of hydrogen-bond acceptors (Lipinski definition) is 5. The third kappa shape index (κ3) is 5.37. The first-order valence-electron chi connectivity index (χ1n) is 8.54. The molecule has 0 atom stereocenters. The van der Waals surface area contributed by atoms with Gasteiger partial charge in [-0.1, -0.05) is 12.1 Å². The summed E-state index contributed by atoms with van der Waals surface area (Å²) < 4.78 is 44.6. The summed E-state index contributed by atoms with van der Waals surface area (Å²) in [6.45, 7) is 1.62. The lowest BCUT2D eigenvalue weighted by Crippen LogP contribution is -2.31. The summed E-state index contributed by atoms with van der Waals surface area (Å²) in [5.74, 6) is -1.72. The molecule has 10 heteroatoms. The summed E-state index contributed by atoms with van der Waals surface area (Å²) in [6.07, 6.45) is -4.56. The Bertz CT molecular complexity index is 983. The van der Waals surface area contributed by atoms with E-state index in [9.17, 15) is 32.7 Å². The molecular formula is C19H19F3N2O5. The number of benzene rings is 1. The molecule has 0 aliphatic carbocycles. The molecule has 7 nitrogen and oxygen atoms in total. The first-order chi connectivity index (χ1) is 13.5. The smallest absolute Gasteiger partial charge is 0.431 e. The van der Waals surface area contributed by atoms with E-state index in [1.165, 1.54) is 6.92 Å². The maximum Gasteiger partial charge on any atom is 0.431 e. The molecule has 2 rings (SSSR count). The molecule has 1 aromatic carbocycles. The van der Waals surface area contributed by atoms with Gasteiger partial charge >= 0.3 is 6.18 Å². The number of hydrogen-bond donors (Lipinski definition) is 2. The van der Waals surface area contributed by atoms with Crippen LogP contribution in [-0.2, 0) is 13.2 Å². The van der Waals surface area contributed by atoms with Crippen molar-refractivity contribution in [2.75, 3.05) is 13.2 Å². The molecule has 156 valence electrons. The zero-order valence-corrected chi connectivity index (χ0v) is 15.7. The van der Waals surface area contributed by atoms with Gasteiger partial charge in [-0.2, -0.15) is 13.2 Å². The predicted octanol–water partition coefficient (Wildman–Crippen LogP) is 2.51. The van der Waals surface area contributed by atoms with E-state index in [1.54, 1.807) is 24.3 Å². The minimum absolute atomic E-state index is 0.0290. The third-order valence-corrected chi connectivity index (χ3v) is 4.06. The summed E-state index contributed by atoms with van der Waals surface area (Å²) in [5, 5.41) is 12.1. The van der Waals surface area contributed by atoms with Crippen molar-refractivity contribution in [3.63, 3.8) is 0 Å². The Hall–Kier alpha value is -3.30. The molecule has 0 bridgehead atoms. The Balaban J connectivity index is 1.96. The van der Waals surface area contributed by atoms with Gasteiger partial charge < -0.3 is 19.7 Å². The second-order valence-electron chi connectivity index (χ2n) is 6.20. The number of carbonyl (C=O) groups is 2. The van der Waals surface area contributed by atoms with Crippen LogP contribution in [0.25, 0.3) is 0 Å². The van der Waals surface area contributed by atoms with Gasteiger partial charge in [0, 0.05) is 19.2 Å². The Kier molecular flexibility index (Phi) is 6.68. The summed E-state index contributed by atoms with van der Waals surface area (Å²) in [4.78, 5) is 35.2. The molecule has 29 heavy (non-hydrogen) atoms. The predicted molar refractivity (Wildman–Crippen MR) is 97.2 cm³/mol. The van der Waals surface area contributed by atoms with E-state index >= 15 is 0 Å². The van der Waals surface area contributed by atoms with Gasteiger partial charge in [0.25, 0.3) is 11.5 Å². The molecule has 0 aliphatic rings. The number of rotatable bonds is 7. The molecule has 0 saturated heterocycles. The summed E-state index contributed by atoms with van der Waals surface area (Å²) in [7, 11) is 0.852. The Labute approximate surface area is 163 Å². The zero-order chi connectivity index (χ0) is 21.8. The van der Waals surface area contributed by atoms with Crippen molar-refractivity contribution in [3.8, 4) is 11.5 Å². The van der Waals surface area contributed by atoms with Gasteiger partial charge in [0.2, 0.25) is 0 Å². The largest absolute Gasteiger partial charge is 0.502 e. The van der Waals surface area contributed by atoms with Crippen LogP contribution in [0.1, 0.15) is 39.8 Å². The Morgan fingerprint density at radius 2 is 1.93 bits per heavy atom. The molecule has 1 aromatic heterocycles. The highest BCUT2D eigenvalue weighted by Crippen LogP contribution is 2.30. The molecule has 0 aliphatic heterocycles. The Morgan fingerprint density at radius 1 is 1.24 bits per heavy atom. The van der Waals surface area contributed by atoms with Crippen LogP contribution >= 0.6 is 0 Å². The van der Waals surface area contributed by atoms with E-state index in [1.807, 2.05) is 0 Å². The molecule has 2 N–H and O–H groups in total. The number of nitrogens with one attached hydrogen (secondary N) is 1. The SMILES string of the molecule is CC(=O)c1cccc(OCCCNC(=O)c2cc(C(F)(F)F)n(C)c(=O)c2O)c1. The van der Waals surface area contributed by atoms with Crippen LogP contribution in [0.15, 0.2) is 35.1 Å². The highest BCUT2D eigenvalue weighted by molar-refractivity contribution is 5.96. The molecular weight excluding hydrogens is 393 g/mol. The number of nitrogens with zero attached hydrogens (tertiary/aromatic N) is 1. The number of aromatic hydroxyl groups is 1. The second-order valence-corrected chi connectivity index (χ2v) is 6.20. The molecule has 1 amide bonds. The first-order valence-corrected chi connectivity index (χ1v) is 8.54. The fourth-order valence-electron chi connectivity index (χ4n) is 2.49. The van der Waals surface area contributed by atoms with Crippen LogP contribution in [-0.4, -0.2) is 34.5 Å². The molecule has 0 radical (unpaired) electrons. The molecule has 1 heterocycles. The molecule has 0 unspecified atom stereocenters. The number of alkyl halides is 3. The number of Topliss-reactive ketones (excluding diaryl/α,β-unsaturated/α-hetero) is 1. The van der Waals surface area contributed by atoms with Crippen molar-refractivity contribution < 1.29 is 32.6 Å². The van der Waals surface area contributed by atoms with Crippen LogP contribution in [0.3, 0.4) is 0 Å². The lowest BCUT2D eigenvalue weighted by Gasteiger charge is -2.14. The number of ketones is 1. The minimum atomic E-state index is -4.86. The van der Waals surface area contributed by atoms with Gasteiger partial charge in [0.1, 0.15) is 11.4 Å². The number of ether oxygens (including phenoxy) is 1. The van der Waals surface area contributed by atoms with Crippen molar-refractivity contribution in [3.05, 3.63) is 57.5 Å². The van der Waals surface area contributed by atoms with Crippen LogP contribution in [0, 0.1) is 0 Å². The number of carbonyl (C=O) groups excluding carboxylic acids is 2. The van der Waals surface area contributed by atoms with Crippen molar-refractivity contribution in [2.24, 2.45) is 7.05 Å². The summed E-state index contributed by atoms with van der Waals surface area (Å²) in [5.41, 5.74) is -2.94. The van der Waals surface area contributed by atoms with Crippen LogP contribution in [0.4, 0.5) is 13.2 Å². The van der Waals surface area contributed by atoms with Gasteiger partial charge in [-0.25, -0.2) is 0 Å². The highest BCUT2D eigenvalue weighted by atomic mass is 19.4. The quantitative estimate of drug-likeness (QED) is 0.538. The lowest BCUT2D eigenvalue weighted by atomic mass is 10.1. The van der Waals surface area contributed by atoms with E-state index in [0.717, 1.165) is 7.05 Å². The number of halogens is 3. The number of amides is 1. The molecule has 2 aromatic rings. The minimum Gasteiger partial charge on any atom is -0.502 e. The number of aromatic nitrogens is 1. The molecule has 0 spiro atoms. The zero-order valence-electron chi connectivity index (χ0n) is 15.7. The Morgan fingerprint density at radius 3 is 2.55 bits per heavy atom. The third-order valence-electron chi connectivity index (χ3n) is 4.06. The van der Waals surface area contributed by atoms with Crippen molar-refractivity contribution in [1.29, 1.82) is 0 Å². The standard InChI is InChI=1S/C19H19F3N2O5/c1-11(25)12-5-3-6-13(9-12)29-8-4-7-23-17(27)14-10-15(19(20,21)22)24(2)18(28)16(14)26/h3,5-6,9-10,26H,4,7-8H2,1-2H3,(H,23,27). The van der Waals surface area contributed by atoms with Gasteiger partial charge in [-0.3, -0.25) is 14.4 Å². The fourth-order valence-corrected chi connectivity index (χ4v) is 2.49. The summed E-state index contributed by atoms with van der Waals surface area (Å²) >= 11 is 0. The highest BCUT2D eigenvalue weighted by Gasteiger charge is 2.36. The van der Waals surface area contributed by atoms with Crippen LogP contribution in [0.5, 0.6) is 11.5 Å². The lowest BCUT2D eigenvalue weighted by molar-refractivity contribution is -0.143. The monoisotopic (exact) mass is 412 g/mol. The van der Waals surface area contributed by atoms with Gasteiger partial charge in [0.05, 0.1) is 12.2 Å². The number of pyridine rings is 1. The second kappa shape index (κ2) is 8.80. The maximum atomic E-state index is 13.0. The average Bonchev–Trinajstić information content (AvgIpc) is 2.65. The average molecular weight is 412 g/mol. The topological polar surface area (TPSA) is 97.6 Å². The van der Waals surface area contributed by atoms with E-state index < -0.39 is 34.6 Å². The van der Waals surface area contributed by atoms with E-state index in [2.05, 4.69) is 5.32 Å².